The maximum absolute atomic E-state index is 11.2. The van der Waals surface area contributed by atoms with Crippen LogP contribution in [0, 0.1) is 3.57 Å². The predicted molar refractivity (Wildman–Crippen MR) is 71.1 cm³/mol. The van der Waals surface area contributed by atoms with Crippen molar-refractivity contribution in [1.29, 1.82) is 0 Å². The molecule has 0 saturated carbocycles. The molecule has 17 heavy (non-hydrogen) atoms. The lowest BCUT2D eigenvalue weighted by Crippen LogP contribution is -2.52. The van der Waals surface area contributed by atoms with Gasteiger partial charge in [-0.15, -0.1) is 0 Å². The van der Waals surface area contributed by atoms with Crippen LogP contribution in [-0.4, -0.2) is 23.7 Å². The molecule has 6 heteroatoms. The Hall–Kier alpha value is -1.05. The molecule has 94 valence electrons. The number of anilines is 1. The average Bonchev–Trinajstić information content (AvgIpc) is 2.18. The van der Waals surface area contributed by atoms with Gasteiger partial charge in [0.2, 0.25) is 0 Å². The zero-order valence-electron chi connectivity index (χ0n) is 10.2. The Morgan fingerprint density at radius 1 is 1.53 bits per heavy atom. The number of amides is 1. The van der Waals surface area contributed by atoms with Crippen molar-refractivity contribution in [2.24, 2.45) is 0 Å². The third-order valence-corrected chi connectivity index (χ3v) is 2.92. The largest absolute Gasteiger partial charge is 0.530 e. The number of nitrogens with zero attached hydrogens (tertiary/aromatic N) is 2. The molecule has 0 bridgehead atoms. The van der Waals surface area contributed by atoms with Crippen LogP contribution in [0.1, 0.15) is 20.8 Å². The SMILES string of the molecule is COc1cc(N(C(=O)[O-])C(C)(C)C)ncc1I. The lowest BCUT2D eigenvalue weighted by atomic mass is 10.1. The number of ether oxygens (including phenoxy) is 1. The van der Waals surface area contributed by atoms with Crippen molar-refractivity contribution in [3.8, 4) is 5.75 Å². The van der Waals surface area contributed by atoms with Crippen LogP contribution >= 0.6 is 22.6 Å². The Kier molecular flexibility index (Phi) is 4.18. The van der Waals surface area contributed by atoms with Gasteiger partial charge >= 0.3 is 0 Å². The van der Waals surface area contributed by atoms with E-state index in [9.17, 15) is 9.90 Å². The van der Waals surface area contributed by atoms with Crippen LogP contribution in [0.25, 0.3) is 0 Å². The molecule has 1 heterocycles. The van der Waals surface area contributed by atoms with Crippen LogP contribution < -0.4 is 14.7 Å². The molecule has 1 rings (SSSR count). The second-order valence-electron chi connectivity index (χ2n) is 4.45. The quantitative estimate of drug-likeness (QED) is 0.762. The van der Waals surface area contributed by atoms with Gasteiger partial charge in [0.15, 0.2) is 0 Å². The van der Waals surface area contributed by atoms with E-state index in [4.69, 9.17) is 4.74 Å². The lowest BCUT2D eigenvalue weighted by Gasteiger charge is -2.36. The maximum atomic E-state index is 11.2. The minimum absolute atomic E-state index is 0.301. The predicted octanol–water partition coefficient (Wildman–Crippen LogP) is 1.64. The van der Waals surface area contributed by atoms with Crippen molar-refractivity contribution in [3.63, 3.8) is 0 Å². The fraction of sp³-hybridized carbons (Fsp3) is 0.455. The van der Waals surface area contributed by atoms with Gasteiger partial charge in [-0.3, -0.25) is 0 Å². The number of hydrogen-bond acceptors (Lipinski definition) is 4. The standard InChI is InChI=1S/C11H15IN2O3/c1-11(2,3)14(10(15)16)9-5-8(17-4)7(12)6-13-9/h5-6H,1-4H3,(H,15,16)/p-1. The molecule has 0 fully saturated rings. The molecule has 0 radical (unpaired) electrons. The number of carbonyl (C=O) groups is 1. The Bertz CT molecular complexity index is 429. The first kappa shape index (κ1) is 14.0. The summed E-state index contributed by atoms with van der Waals surface area (Å²) in [6.45, 7) is 5.32. The normalized spacial score (nSPS) is 11.1. The highest BCUT2D eigenvalue weighted by Crippen LogP contribution is 2.28. The number of carboxylic acid groups (broad SMARTS) is 1. The molecule has 0 saturated heterocycles. The molecule has 0 unspecified atom stereocenters. The summed E-state index contributed by atoms with van der Waals surface area (Å²) in [5, 5.41) is 11.2. The molecule has 0 aliphatic heterocycles. The smallest absolute Gasteiger partial charge is 0.143 e. The fourth-order valence-electron chi connectivity index (χ4n) is 1.40. The fourth-order valence-corrected chi connectivity index (χ4v) is 1.91. The molecule has 0 N–H and O–H groups in total. The molecule has 5 nitrogen and oxygen atoms in total. The molecule has 0 aromatic carbocycles. The van der Waals surface area contributed by atoms with E-state index in [1.54, 1.807) is 33.0 Å². The number of methoxy groups -OCH3 is 1. The van der Waals surface area contributed by atoms with E-state index in [2.05, 4.69) is 27.6 Å². The van der Waals surface area contributed by atoms with Crippen LogP contribution in [0.2, 0.25) is 0 Å². The third kappa shape index (κ3) is 3.21. The van der Waals surface area contributed by atoms with Gasteiger partial charge < -0.3 is 19.5 Å². The topological polar surface area (TPSA) is 65.5 Å². The monoisotopic (exact) mass is 349 g/mol. The van der Waals surface area contributed by atoms with Crippen molar-refractivity contribution in [1.82, 2.24) is 4.98 Å². The first-order chi connectivity index (χ1) is 7.77. The summed E-state index contributed by atoms with van der Waals surface area (Å²) in [7, 11) is 1.53. The summed E-state index contributed by atoms with van der Waals surface area (Å²) in [5.41, 5.74) is -0.621. The van der Waals surface area contributed by atoms with E-state index < -0.39 is 11.6 Å². The van der Waals surface area contributed by atoms with E-state index in [1.165, 1.54) is 7.11 Å². The zero-order chi connectivity index (χ0) is 13.2. The molecule has 0 aliphatic carbocycles. The van der Waals surface area contributed by atoms with Crippen LogP contribution in [0.5, 0.6) is 5.75 Å². The van der Waals surface area contributed by atoms with Crippen molar-refractivity contribution in [2.45, 2.75) is 26.3 Å². The minimum atomic E-state index is -1.28. The zero-order valence-corrected chi connectivity index (χ0v) is 12.3. The van der Waals surface area contributed by atoms with Crippen molar-refractivity contribution in [3.05, 3.63) is 15.8 Å². The molecule has 0 aliphatic rings. The lowest BCUT2D eigenvalue weighted by molar-refractivity contribution is -0.247. The number of hydrogen-bond donors (Lipinski definition) is 0. The first-order valence-corrected chi connectivity index (χ1v) is 6.06. The van der Waals surface area contributed by atoms with Gasteiger partial charge in [0.25, 0.3) is 0 Å². The van der Waals surface area contributed by atoms with Gasteiger partial charge in [0.1, 0.15) is 17.7 Å². The highest BCUT2D eigenvalue weighted by molar-refractivity contribution is 14.1. The van der Waals surface area contributed by atoms with Crippen molar-refractivity contribution in [2.75, 3.05) is 12.0 Å². The first-order valence-electron chi connectivity index (χ1n) is 4.98. The Morgan fingerprint density at radius 2 is 2.12 bits per heavy atom. The molecule has 0 atom stereocenters. The van der Waals surface area contributed by atoms with Gasteiger partial charge in [0, 0.05) is 17.8 Å². The summed E-state index contributed by atoms with van der Waals surface area (Å²) in [4.78, 5) is 16.4. The van der Waals surface area contributed by atoms with Gasteiger partial charge in [0.05, 0.1) is 10.7 Å². The maximum Gasteiger partial charge on any atom is 0.143 e. The van der Waals surface area contributed by atoms with Crippen LogP contribution in [-0.2, 0) is 0 Å². The number of halogens is 1. The summed E-state index contributed by atoms with van der Waals surface area (Å²) in [6, 6.07) is 1.59. The summed E-state index contributed by atoms with van der Waals surface area (Å²) < 4.78 is 5.96. The van der Waals surface area contributed by atoms with Gasteiger partial charge in [-0.1, -0.05) is 0 Å². The van der Waals surface area contributed by atoms with Crippen molar-refractivity contribution < 1.29 is 14.6 Å². The van der Waals surface area contributed by atoms with Gasteiger partial charge in [-0.25, -0.2) is 4.98 Å². The number of aromatic nitrogens is 1. The van der Waals surface area contributed by atoms with Gasteiger partial charge in [-0.2, -0.15) is 0 Å². The number of carbonyl (C=O) groups excluding carboxylic acids is 1. The molecule has 1 aromatic heterocycles. The van der Waals surface area contributed by atoms with Crippen molar-refractivity contribution >= 4 is 34.5 Å². The highest BCUT2D eigenvalue weighted by atomic mass is 127. The van der Waals surface area contributed by atoms with E-state index in [1.807, 2.05) is 0 Å². The highest BCUT2D eigenvalue weighted by Gasteiger charge is 2.24. The molecular weight excluding hydrogens is 335 g/mol. The Labute approximate surface area is 114 Å². The molecular formula is C11H14IN2O3-. The van der Waals surface area contributed by atoms with E-state index in [0.29, 0.717) is 11.6 Å². The van der Waals surface area contributed by atoms with Crippen LogP contribution in [0.15, 0.2) is 12.3 Å². The molecule has 1 aromatic rings. The second kappa shape index (κ2) is 5.07. The summed E-state index contributed by atoms with van der Waals surface area (Å²) in [6.07, 6.45) is 0.282. The number of rotatable bonds is 2. The molecule has 0 spiro atoms. The summed E-state index contributed by atoms with van der Waals surface area (Å²) in [5.74, 6) is 0.890. The Morgan fingerprint density at radius 3 is 2.53 bits per heavy atom. The summed E-state index contributed by atoms with van der Waals surface area (Å²) >= 11 is 2.07. The minimum Gasteiger partial charge on any atom is -0.530 e. The van der Waals surface area contributed by atoms with Crippen LogP contribution in [0.3, 0.4) is 0 Å². The Balaban J connectivity index is 3.25. The van der Waals surface area contributed by atoms with E-state index in [0.717, 1.165) is 8.47 Å². The second-order valence-corrected chi connectivity index (χ2v) is 5.61. The van der Waals surface area contributed by atoms with E-state index >= 15 is 0 Å². The van der Waals surface area contributed by atoms with E-state index in [-0.39, 0.29) is 0 Å². The average molecular weight is 349 g/mol. The van der Waals surface area contributed by atoms with Gasteiger partial charge in [-0.05, 0) is 43.4 Å². The number of pyridine rings is 1. The van der Waals surface area contributed by atoms with Crippen LogP contribution in [0.4, 0.5) is 10.6 Å². The molecule has 1 amide bonds. The third-order valence-electron chi connectivity index (χ3n) is 2.11.